The normalized spacial score (nSPS) is 22.6. The first-order valence-corrected chi connectivity index (χ1v) is 16.0. The zero-order valence-electron chi connectivity index (χ0n) is 27.7. The van der Waals surface area contributed by atoms with Crippen molar-refractivity contribution in [2.45, 2.75) is 96.6 Å². The van der Waals surface area contributed by atoms with Crippen LogP contribution in [0.4, 0.5) is 26.3 Å². The van der Waals surface area contributed by atoms with Crippen LogP contribution in [0.15, 0.2) is 42.0 Å². The topological polar surface area (TPSA) is 68.1 Å². The van der Waals surface area contributed by atoms with Crippen molar-refractivity contribution in [1.29, 1.82) is 0 Å². The van der Waals surface area contributed by atoms with Gasteiger partial charge >= 0.3 is 23.4 Å². The number of hydrogen-bond donors (Lipinski definition) is 0. The van der Waals surface area contributed by atoms with Crippen molar-refractivity contribution in [2.24, 2.45) is 10.8 Å². The monoisotopic (exact) mass is 683 g/mol. The quantitative estimate of drug-likeness (QED) is 0.204. The first-order chi connectivity index (χ1) is 22.4. The summed E-state index contributed by atoms with van der Waals surface area (Å²) in [5, 5.41) is 1.46. The highest BCUT2D eigenvalue weighted by molar-refractivity contribution is 5.78. The molecule has 7 nitrogen and oxygen atoms in total. The second-order valence-corrected chi connectivity index (χ2v) is 14.1. The first kappa shape index (κ1) is 35.5. The molecule has 0 amide bonds. The molecule has 0 spiro atoms. The van der Waals surface area contributed by atoms with E-state index in [0.29, 0.717) is 37.1 Å². The lowest BCUT2D eigenvalue weighted by molar-refractivity contribution is -0.888. The molecule has 2 aromatic carbocycles. The van der Waals surface area contributed by atoms with E-state index in [9.17, 15) is 36.0 Å². The third-order valence-corrected chi connectivity index (χ3v) is 10.1. The van der Waals surface area contributed by atoms with Gasteiger partial charge < -0.3 is 9.47 Å². The molecule has 3 aliphatic rings. The number of nitrogens with zero attached hydrogens (tertiary/aromatic N) is 2. The highest BCUT2D eigenvalue weighted by atomic mass is 19.4. The second-order valence-electron chi connectivity index (χ2n) is 14.1. The molecule has 262 valence electrons. The Labute approximate surface area is 275 Å². The molecule has 2 aromatic rings. The van der Waals surface area contributed by atoms with Gasteiger partial charge in [0.05, 0.1) is 30.8 Å². The fourth-order valence-electron chi connectivity index (χ4n) is 7.53. The van der Waals surface area contributed by atoms with Gasteiger partial charge in [-0.1, -0.05) is 37.8 Å². The van der Waals surface area contributed by atoms with E-state index in [0.717, 1.165) is 54.4 Å². The molecule has 0 radical (unpaired) electrons. The molecule has 0 N–H and O–H groups in total. The molecule has 2 atom stereocenters. The summed E-state index contributed by atoms with van der Waals surface area (Å²) in [7, 11) is 2.96. The van der Waals surface area contributed by atoms with Gasteiger partial charge in [-0.25, -0.2) is 0 Å². The summed E-state index contributed by atoms with van der Waals surface area (Å²) in [5.41, 5.74) is -0.544. The largest absolute Gasteiger partial charge is 0.496 e. The van der Waals surface area contributed by atoms with E-state index in [1.165, 1.54) is 12.1 Å². The third-order valence-electron chi connectivity index (χ3n) is 10.1. The van der Waals surface area contributed by atoms with E-state index >= 15 is 0 Å². The molecule has 2 unspecified atom stereocenters. The van der Waals surface area contributed by atoms with Crippen molar-refractivity contribution in [2.75, 3.05) is 20.8 Å². The Balaban J connectivity index is 1.51. The zero-order chi connectivity index (χ0) is 35.2. The molecule has 5 rings (SSSR count). The summed E-state index contributed by atoms with van der Waals surface area (Å²) in [6.07, 6.45) is -5.60. The van der Waals surface area contributed by atoms with Crippen LogP contribution in [0.2, 0.25) is 0 Å². The molecule has 13 heteroatoms. The van der Waals surface area contributed by atoms with Gasteiger partial charge in [0.15, 0.2) is 0 Å². The lowest BCUT2D eigenvalue weighted by atomic mass is 9.72. The van der Waals surface area contributed by atoms with Crippen LogP contribution in [0.3, 0.4) is 0 Å². The van der Waals surface area contributed by atoms with Gasteiger partial charge in [-0.05, 0) is 97.9 Å². The molecule has 2 aliphatic carbocycles. The maximum atomic E-state index is 13.6. The summed E-state index contributed by atoms with van der Waals surface area (Å²) in [4.78, 5) is 31.5. The van der Waals surface area contributed by atoms with Gasteiger partial charge in [0.1, 0.15) is 23.2 Å². The van der Waals surface area contributed by atoms with Crippen molar-refractivity contribution < 1.29 is 50.5 Å². The lowest BCUT2D eigenvalue weighted by Gasteiger charge is -2.34. The van der Waals surface area contributed by atoms with Crippen LogP contribution in [0.5, 0.6) is 5.75 Å². The molecule has 1 heterocycles. The van der Waals surface area contributed by atoms with Crippen LogP contribution < -0.4 is 4.74 Å². The molecule has 48 heavy (non-hydrogen) atoms. The Kier molecular flexibility index (Phi) is 9.57. The molecule has 1 aliphatic heterocycles. The fraction of sp³-hybridized carbons (Fsp3) is 0.571. The Morgan fingerprint density at radius 2 is 1.60 bits per heavy atom. The van der Waals surface area contributed by atoms with Crippen molar-refractivity contribution in [1.82, 2.24) is 5.01 Å². The summed E-state index contributed by atoms with van der Waals surface area (Å²) < 4.78 is 92.6. The minimum absolute atomic E-state index is 0.0322. The number of carbonyl (C=O) groups excluding carboxylic acids is 1. The summed E-state index contributed by atoms with van der Waals surface area (Å²) >= 11 is 0. The highest BCUT2D eigenvalue weighted by Gasteiger charge is 2.51. The van der Waals surface area contributed by atoms with Crippen LogP contribution in [-0.4, -0.2) is 42.8 Å². The van der Waals surface area contributed by atoms with Crippen molar-refractivity contribution >= 4 is 11.5 Å². The van der Waals surface area contributed by atoms with Crippen LogP contribution >= 0.6 is 0 Å². The van der Waals surface area contributed by atoms with E-state index < -0.39 is 46.6 Å². The maximum Gasteiger partial charge on any atom is 0.416 e. The van der Waals surface area contributed by atoms with E-state index in [4.69, 9.17) is 14.3 Å². The standard InChI is InChI=1S/C35H41F6N2O5/c1-21-30(23-15-25(34(36,37)38)17-26(16-23)35(39,40)41)48-43(45)42(21)20-24-19-32(2,3)13-10-27(24)28-14-22(8-9-29(28)46-4)18-33(31(44)47-5)11-6-7-12-33/h8-9,14-17,21,30H,6-7,10-13,18-20H2,1-5H3/q+1. The highest BCUT2D eigenvalue weighted by Crippen LogP contribution is 2.48. The predicted octanol–water partition coefficient (Wildman–Crippen LogP) is 9.04. The van der Waals surface area contributed by atoms with Crippen molar-refractivity contribution in [3.8, 4) is 5.75 Å². The van der Waals surface area contributed by atoms with Gasteiger partial charge in [0.25, 0.3) is 0 Å². The number of allylic oxidation sites excluding steroid dienone is 1. The molecule has 0 bridgehead atoms. The van der Waals surface area contributed by atoms with E-state index in [1.807, 2.05) is 18.2 Å². The number of alkyl halides is 6. The average molecular weight is 684 g/mol. The van der Waals surface area contributed by atoms with Crippen molar-refractivity contribution in [3.63, 3.8) is 0 Å². The summed E-state index contributed by atoms with van der Waals surface area (Å²) in [6, 6.07) is 6.16. The van der Waals surface area contributed by atoms with Crippen LogP contribution in [0.1, 0.15) is 99.6 Å². The smallest absolute Gasteiger partial charge is 0.416 e. The summed E-state index contributed by atoms with van der Waals surface area (Å²) in [5.74, 6) is 0.378. The van der Waals surface area contributed by atoms with E-state index in [1.54, 1.807) is 14.0 Å². The first-order valence-electron chi connectivity index (χ1n) is 16.0. The van der Waals surface area contributed by atoms with Crippen LogP contribution in [0.25, 0.3) is 5.57 Å². The van der Waals surface area contributed by atoms with E-state index in [-0.39, 0.29) is 29.0 Å². The molecular weight excluding hydrogens is 642 g/mol. The van der Waals surface area contributed by atoms with Gasteiger partial charge in [0.2, 0.25) is 6.10 Å². The van der Waals surface area contributed by atoms with Crippen LogP contribution in [0, 0.1) is 15.7 Å². The van der Waals surface area contributed by atoms with Gasteiger partial charge in [-0.3, -0.25) is 4.79 Å². The van der Waals surface area contributed by atoms with Gasteiger partial charge in [0, 0.05) is 11.1 Å². The number of rotatable bonds is 8. The van der Waals surface area contributed by atoms with E-state index in [2.05, 4.69) is 13.8 Å². The second kappa shape index (κ2) is 12.9. The number of hydrogen-bond acceptors (Lipinski definition) is 5. The van der Waals surface area contributed by atoms with Gasteiger partial charge in [-0.15, -0.1) is 0 Å². The molecule has 2 fully saturated rings. The van der Waals surface area contributed by atoms with Crippen molar-refractivity contribution in [3.05, 3.63) is 74.7 Å². The third kappa shape index (κ3) is 7.15. The average Bonchev–Trinajstić information content (AvgIpc) is 3.60. The summed E-state index contributed by atoms with van der Waals surface area (Å²) in [6.45, 7) is 5.77. The Morgan fingerprint density at radius 3 is 2.17 bits per heavy atom. The van der Waals surface area contributed by atoms with Gasteiger partial charge in [-0.2, -0.15) is 31.2 Å². The Bertz CT molecular complexity index is 1560. The SMILES string of the molecule is COC(=O)C1(Cc2ccc(OC)c(C3=C(CN4C(C)C(c5cc(C(F)(F)F)cc(C(F)(F)F)c5)O[N+]4=O)CC(C)(C)CC3)c2)CCCC1. The number of hydrazine groups is 1. The number of benzene rings is 2. The fourth-order valence-corrected chi connectivity index (χ4v) is 7.53. The molecule has 0 aromatic heterocycles. The number of carbonyl (C=O) groups is 1. The molecular formula is C35H41F6N2O5+. The zero-order valence-corrected chi connectivity index (χ0v) is 27.7. The molecule has 1 saturated heterocycles. The Morgan fingerprint density at radius 1 is 0.979 bits per heavy atom. The minimum Gasteiger partial charge on any atom is -0.496 e. The maximum absolute atomic E-state index is 13.6. The molecule has 1 saturated carbocycles. The number of methoxy groups -OCH3 is 2. The number of esters is 1. The lowest BCUT2D eigenvalue weighted by Crippen LogP contribution is -2.36. The predicted molar refractivity (Wildman–Crippen MR) is 164 cm³/mol. The minimum atomic E-state index is -5.04. The Hall–Kier alpha value is -3.77. The van der Waals surface area contributed by atoms with Crippen LogP contribution in [-0.2, 0) is 33.1 Å². The number of halogens is 6. The number of ether oxygens (including phenoxy) is 2.